The monoisotopic (exact) mass is 344 g/mol. The van der Waals surface area contributed by atoms with E-state index in [1.54, 1.807) is 0 Å². The number of benzene rings is 4. The molecular weight excluding hydrogens is 328 g/mol. The van der Waals surface area contributed by atoms with Crippen LogP contribution in [-0.4, -0.2) is 0 Å². The molecule has 0 saturated heterocycles. The molecule has 4 aromatic carbocycles. The number of ether oxygens (including phenoxy) is 1. The molecule has 1 nitrogen and oxygen atoms in total. The third-order valence-corrected chi connectivity index (χ3v) is 6.50. The van der Waals surface area contributed by atoms with Crippen LogP contribution in [0, 0.1) is 0 Å². The number of rotatable bonds is 0. The molecule has 1 heteroatoms. The van der Waals surface area contributed by atoms with Crippen molar-refractivity contribution in [1.82, 2.24) is 0 Å². The van der Waals surface area contributed by atoms with Crippen molar-refractivity contribution in [2.45, 2.75) is 11.8 Å². The molecule has 0 saturated carbocycles. The molecule has 27 heavy (non-hydrogen) atoms. The van der Waals surface area contributed by atoms with Gasteiger partial charge in [0, 0.05) is 12.0 Å². The Balaban J connectivity index is 1.51. The van der Waals surface area contributed by atoms with E-state index in [0.29, 0.717) is 0 Å². The topological polar surface area (TPSA) is 9.23 Å². The number of fused-ring (bicyclic) bond motifs is 11. The van der Waals surface area contributed by atoms with Crippen molar-refractivity contribution in [3.05, 3.63) is 118 Å². The van der Waals surface area contributed by atoms with Crippen LogP contribution in [0.4, 0.5) is 0 Å². The van der Waals surface area contributed by atoms with Crippen LogP contribution < -0.4 is 4.74 Å². The highest BCUT2D eigenvalue weighted by molar-refractivity contribution is 5.93. The summed E-state index contributed by atoms with van der Waals surface area (Å²) in [6, 6.07) is 30.6. The predicted octanol–water partition coefficient (Wildman–Crippen LogP) is 6.06. The van der Waals surface area contributed by atoms with E-state index in [2.05, 4.69) is 78.9 Å². The Morgan fingerprint density at radius 2 is 1.26 bits per heavy atom. The van der Waals surface area contributed by atoms with E-state index >= 15 is 0 Å². The largest absolute Gasteiger partial charge is 0.457 e. The maximum atomic E-state index is 6.27. The van der Waals surface area contributed by atoms with E-state index in [4.69, 9.17) is 4.74 Å². The maximum absolute atomic E-state index is 6.27. The zero-order chi connectivity index (χ0) is 17.6. The molecule has 1 aliphatic heterocycles. The predicted molar refractivity (Wildman–Crippen MR) is 107 cm³/mol. The summed E-state index contributed by atoms with van der Waals surface area (Å²) in [5.74, 6) is 2.01. The summed E-state index contributed by atoms with van der Waals surface area (Å²) in [6.45, 7) is 0. The van der Waals surface area contributed by atoms with Crippen molar-refractivity contribution in [2.75, 3.05) is 0 Å². The lowest BCUT2D eigenvalue weighted by molar-refractivity contribution is 0.460. The van der Waals surface area contributed by atoms with Crippen LogP contribution in [0.1, 0.15) is 33.4 Å². The SMILES string of the molecule is c1ccc2c(c1)Cc1c(ccc3c1C31c3ccccc3-c3ccccc31)O2. The van der Waals surface area contributed by atoms with Crippen molar-refractivity contribution in [3.8, 4) is 22.6 Å². The van der Waals surface area contributed by atoms with Crippen molar-refractivity contribution in [2.24, 2.45) is 0 Å². The van der Waals surface area contributed by atoms with Gasteiger partial charge in [0.1, 0.15) is 11.5 Å². The Morgan fingerprint density at radius 3 is 2.04 bits per heavy atom. The van der Waals surface area contributed by atoms with Crippen LogP contribution >= 0.6 is 0 Å². The molecule has 3 aliphatic rings. The Bertz CT molecular complexity index is 1240. The lowest BCUT2D eigenvalue weighted by atomic mass is 9.87. The summed E-state index contributed by atoms with van der Waals surface area (Å²) in [5, 5.41) is 0. The summed E-state index contributed by atoms with van der Waals surface area (Å²) in [6.07, 6.45) is 0.945. The lowest BCUT2D eigenvalue weighted by Gasteiger charge is -2.20. The van der Waals surface area contributed by atoms with E-state index in [-0.39, 0.29) is 5.41 Å². The smallest absolute Gasteiger partial charge is 0.131 e. The Kier molecular flexibility index (Phi) is 2.30. The molecular formula is C26H16O. The molecule has 2 aliphatic carbocycles. The second-order valence-electron chi connectivity index (χ2n) is 7.69. The first kappa shape index (κ1) is 13.8. The van der Waals surface area contributed by atoms with E-state index in [1.165, 1.54) is 44.5 Å². The van der Waals surface area contributed by atoms with Crippen LogP contribution in [0.15, 0.2) is 84.9 Å². The Morgan fingerprint density at radius 1 is 0.593 bits per heavy atom. The molecule has 4 aromatic rings. The normalized spacial score (nSPS) is 15.9. The molecule has 0 fully saturated rings. The average molecular weight is 344 g/mol. The molecule has 0 aromatic heterocycles. The molecule has 0 atom stereocenters. The average Bonchev–Trinajstić information content (AvgIpc) is 3.33. The Labute approximate surface area is 157 Å². The van der Waals surface area contributed by atoms with Crippen molar-refractivity contribution in [1.29, 1.82) is 0 Å². The first-order chi connectivity index (χ1) is 13.4. The van der Waals surface area contributed by atoms with Gasteiger partial charge in [-0.2, -0.15) is 0 Å². The summed E-state index contributed by atoms with van der Waals surface area (Å²) < 4.78 is 6.27. The van der Waals surface area contributed by atoms with Crippen LogP contribution in [0.25, 0.3) is 11.1 Å². The van der Waals surface area contributed by atoms with E-state index in [1.807, 2.05) is 6.07 Å². The molecule has 7 rings (SSSR count). The quantitative estimate of drug-likeness (QED) is 0.325. The summed E-state index contributed by atoms with van der Waals surface area (Å²) in [5.41, 5.74) is 11.1. The highest BCUT2D eigenvalue weighted by Crippen LogP contribution is 2.68. The molecule has 0 bridgehead atoms. The van der Waals surface area contributed by atoms with Gasteiger partial charge in [-0.05, 0) is 51.1 Å². The third-order valence-electron chi connectivity index (χ3n) is 6.50. The molecule has 0 radical (unpaired) electrons. The van der Waals surface area contributed by atoms with Gasteiger partial charge in [-0.1, -0.05) is 72.8 Å². The fraction of sp³-hybridized carbons (Fsp3) is 0.0769. The molecule has 1 spiro atoms. The van der Waals surface area contributed by atoms with Crippen LogP contribution in [-0.2, 0) is 11.8 Å². The second-order valence-corrected chi connectivity index (χ2v) is 7.69. The van der Waals surface area contributed by atoms with Gasteiger partial charge in [-0.15, -0.1) is 0 Å². The van der Waals surface area contributed by atoms with Gasteiger partial charge >= 0.3 is 0 Å². The molecule has 126 valence electrons. The number of hydrogen-bond donors (Lipinski definition) is 0. The molecule has 0 N–H and O–H groups in total. The summed E-state index contributed by atoms with van der Waals surface area (Å²) in [4.78, 5) is 0. The maximum Gasteiger partial charge on any atom is 0.131 e. The summed E-state index contributed by atoms with van der Waals surface area (Å²) in [7, 11) is 0. The van der Waals surface area contributed by atoms with Crippen molar-refractivity contribution in [3.63, 3.8) is 0 Å². The molecule has 0 unspecified atom stereocenters. The van der Waals surface area contributed by atoms with Gasteiger partial charge in [-0.25, -0.2) is 0 Å². The van der Waals surface area contributed by atoms with Gasteiger partial charge in [-0.3, -0.25) is 0 Å². The van der Waals surface area contributed by atoms with Gasteiger partial charge in [0.15, 0.2) is 0 Å². The summed E-state index contributed by atoms with van der Waals surface area (Å²) >= 11 is 0. The zero-order valence-electron chi connectivity index (χ0n) is 14.7. The highest BCUT2D eigenvalue weighted by Gasteiger charge is 2.59. The van der Waals surface area contributed by atoms with E-state index in [0.717, 1.165) is 17.9 Å². The van der Waals surface area contributed by atoms with Crippen LogP contribution in [0.2, 0.25) is 0 Å². The van der Waals surface area contributed by atoms with Gasteiger partial charge in [0.05, 0.1) is 5.41 Å². The Hall–Kier alpha value is -3.32. The fourth-order valence-electron chi connectivity index (χ4n) is 5.40. The van der Waals surface area contributed by atoms with Gasteiger partial charge < -0.3 is 4.74 Å². The van der Waals surface area contributed by atoms with Gasteiger partial charge in [0.25, 0.3) is 0 Å². The third kappa shape index (κ3) is 1.49. The first-order valence-electron chi connectivity index (χ1n) is 9.51. The highest BCUT2D eigenvalue weighted by atomic mass is 16.5. The van der Waals surface area contributed by atoms with E-state index < -0.39 is 0 Å². The van der Waals surface area contributed by atoms with Crippen molar-refractivity contribution >= 4 is 0 Å². The standard InChI is InChI=1S/C26H16O/c1-6-12-23-16(7-1)15-19-24(27-23)14-13-22-25(19)26(22)20-10-4-2-8-17(20)18-9-3-5-11-21(18)26/h1-14H,15H2. The number of hydrogen-bond acceptors (Lipinski definition) is 1. The van der Waals surface area contributed by atoms with Crippen LogP contribution in [0.3, 0.4) is 0 Å². The van der Waals surface area contributed by atoms with Crippen LogP contribution in [0.5, 0.6) is 11.5 Å². The minimum absolute atomic E-state index is 0.0730. The fourth-order valence-corrected chi connectivity index (χ4v) is 5.40. The zero-order valence-corrected chi connectivity index (χ0v) is 14.7. The minimum atomic E-state index is -0.0730. The molecule has 0 amide bonds. The van der Waals surface area contributed by atoms with E-state index in [9.17, 15) is 0 Å². The van der Waals surface area contributed by atoms with Gasteiger partial charge in [0.2, 0.25) is 0 Å². The van der Waals surface area contributed by atoms with Crippen molar-refractivity contribution < 1.29 is 4.74 Å². The lowest BCUT2D eigenvalue weighted by Crippen LogP contribution is -2.10. The molecule has 1 heterocycles. The minimum Gasteiger partial charge on any atom is -0.457 e. The first-order valence-corrected chi connectivity index (χ1v) is 9.51. The second kappa shape index (κ2) is 4.50. The number of para-hydroxylation sites is 1.